The Labute approximate surface area is 112 Å². The second-order valence-electron chi connectivity index (χ2n) is 4.39. The van der Waals surface area contributed by atoms with Crippen molar-refractivity contribution in [1.29, 1.82) is 5.41 Å². The van der Waals surface area contributed by atoms with E-state index in [1.807, 2.05) is 0 Å². The topological polar surface area (TPSA) is 59.1 Å². The maximum absolute atomic E-state index is 6.88. The standard InChI is InChI=1S/C13H28N2O.ClH/c1-2-3-4-5-6-7-8-9-10-11-12-16-13(14)15;/h2-12H2,1H3,(H3,14,15);1H. The molecule has 3 N–H and O–H groups in total. The van der Waals surface area contributed by atoms with Crippen LogP contribution in [0.3, 0.4) is 0 Å². The van der Waals surface area contributed by atoms with Gasteiger partial charge >= 0.3 is 0 Å². The molecule has 0 aliphatic rings. The number of halogens is 1. The van der Waals surface area contributed by atoms with E-state index in [1.54, 1.807) is 0 Å². The van der Waals surface area contributed by atoms with Crippen molar-refractivity contribution in [2.24, 2.45) is 5.73 Å². The van der Waals surface area contributed by atoms with E-state index in [2.05, 4.69) is 6.92 Å². The molecule has 0 unspecified atom stereocenters. The van der Waals surface area contributed by atoms with Crippen molar-refractivity contribution in [2.45, 2.75) is 71.1 Å². The van der Waals surface area contributed by atoms with Crippen LogP contribution in [0.25, 0.3) is 0 Å². The summed E-state index contributed by atoms with van der Waals surface area (Å²) >= 11 is 0. The fourth-order valence-corrected chi connectivity index (χ4v) is 1.77. The van der Waals surface area contributed by atoms with E-state index < -0.39 is 0 Å². The molecule has 104 valence electrons. The summed E-state index contributed by atoms with van der Waals surface area (Å²) in [5.74, 6) is 0. The normalized spacial score (nSPS) is 9.71. The van der Waals surface area contributed by atoms with Crippen LogP contribution in [0.5, 0.6) is 0 Å². The van der Waals surface area contributed by atoms with Crippen LogP contribution in [-0.4, -0.2) is 12.6 Å². The van der Waals surface area contributed by atoms with E-state index >= 15 is 0 Å². The molecule has 0 aromatic rings. The Morgan fingerprint density at radius 2 is 1.29 bits per heavy atom. The summed E-state index contributed by atoms with van der Waals surface area (Å²) in [6, 6.07) is -0.157. The summed E-state index contributed by atoms with van der Waals surface area (Å²) in [4.78, 5) is 0. The molecule has 0 radical (unpaired) electrons. The number of amidine groups is 1. The summed E-state index contributed by atoms with van der Waals surface area (Å²) in [5.41, 5.74) is 5.07. The highest BCUT2D eigenvalue weighted by atomic mass is 35.5. The third-order valence-electron chi connectivity index (χ3n) is 2.76. The molecule has 0 amide bonds. The SMILES string of the molecule is CCCCCCCCCCCCOC(=N)N.Cl. The molecule has 0 fully saturated rings. The molecule has 0 bridgehead atoms. The minimum atomic E-state index is -0.157. The Bertz CT molecular complexity index is 165. The molecule has 0 aromatic carbocycles. The maximum Gasteiger partial charge on any atom is 0.278 e. The van der Waals surface area contributed by atoms with Gasteiger partial charge in [-0.05, 0) is 6.42 Å². The lowest BCUT2D eigenvalue weighted by Crippen LogP contribution is -2.14. The number of hydrogen-bond acceptors (Lipinski definition) is 2. The smallest absolute Gasteiger partial charge is 0.278 e. The Morgan fingerprint density at radius 1 is 0.882 bits per heavy atom. The number of rotatable bonds is 11. The summed E-state index contributed by atoms with van der Waals surface area (Å²) in [7, 11) is 0. The average Bonchev–Trinajstić information content (AvgIpc) is 2.25. The van der Waals surface area contributed by atoms with Gasteiger partial charge in [-0.1, -0.05) is 64.7 Å². The van der Waals surface area contributed by atoms with Gasteiger partial charge in [0.05, 0.1) is 6.61 Å². The van der Waals surface area contributed by atoms with Crippen LogP contribution in [-0.2, 0) is 4.74 Å². The second-order valence-corrected chi connectivity index (χ2v) is 4.39. The molecule has 4 heteroatoms. The Morgan fingerprint density at radius 3 is 1.71 bits per heavy atom. The Hall–Kier alpha value is -0.440. The van der Waals surface area contributed by atoms with E-state index in [4.69, 9.17) is 15.9 Å². The molecule has 0 rings (SSSR count). The molecule has 0 aromatic heterocycles. The van der Waals surface area contributed by atoms with Crippen molar-refractivity contribution < 1.29 is 4.74 Å². The van der Waals surface area contributed by atoms with Gasteiger partial charge in [-0.15, -0.1) is 12.4 Å². The van der Waals surface area contributed by atoms with Crippen LogP contribution in [0, 0.1) is 5.41 Å². The summed E-state index contributed by atoms with van der Waals surface area (Å²) in [5, 5.41) is 6.88. The van der Waals surface area contributed by atoms with Crippen molar-refractivity contribution in [3.05, 3.63) is 0 Å². The number of unbranched alkanes of at least 4 members (excludes halogenated alkanes) is 9. The molecular formula is C13H29ClN2O. The molecule has 0 atom stereocenters. The summed E-state index contributed by atoms with van der Waals surface area (Å²) < 4.78 is 4.87. The lowest BCUT2D eigenvalue weighted by molar-refractivity contribution is 0.285. The van der Waals surface area contributed by atoms with Gasteiger partial charge in [-0.3, -0.25) is 5.41 Å². The van der Waals surface area contributed by atoms with Gasteiger partial charge in [0.25, 0.3) is 6.02 Å². The predicted octanol–water partition coefficient (Wildman–Crippen LogP) is 4.24. The zero-order chi connectivity index (χ0) is 12.1. The zero-order valence-corrected chi connectivity index (χ0v) is 12.0. The van der Waals surface area contributed by atoms with Gasteiger partial charge in [-0.25, -0.2) is 0 Å². The van der Waals surface area contributed by atoms with Crippen LogP contribution in [0.4, 0.5) is 0 Å². The zero-order valence-electron chi connectivity index (χ0n) is 11.2. The third kappa shape index (κ3) is 18.1. The monoisotopic (exact) mass is 264 g/mol. The average molecular weight is 265 g/mol. The van der Waals surface area contributed by atoms with Gasteiger partial charge in [0.1, 0.15) is 0 Å². The molecule has 17 heavy (non-hydrogen) atoms. The molecular weight excluding hydrogens is 236 g/mol. The molecule has 3 nitrogen and oxygen atoms in total. The van der Waals surface area contributed by atoms with Crippen LogP contribution >= 0.6 is 12.4 Å². The first kappa shape index (κ1) is 18.9. The number of ether oxygens (including phenoxy) is 1. The molecule has 0 spiro atoms. The first-order valence-corrected chi connectivity index (χ1v) is 6.74. The van der Waals surface area contributed by atoms with Crippen molar-refractivity contribution in [3.8, 4) is 0 Å². The van der Waals surface area contributed by atoms with Crippen LogP contribution in [0.15, 0.2) is 0 Å². The first-order chi connectivity index (χ1) is 7.77. The third-order valence-corrected chi connectivity index (χ3v) is 2.76. The van der Waals surface area contributed by atoms with E-state index in [0.717, 1.165) is 6.42 Å². The van der Waals surface area contributed by atoms with Crippen molar-refractivity contribution in [3.63, 3.8) is 0 Å². The van der Waals surface area contributed by atoms with E-state index in [9.17, 15) is 0 Å². The quantitative estimate of drug-likeness (QED) is 0.333. The van der Waals surface area contributed by atoms with Crippen molar-refractivity contribution in [1.82, 2.24) is 0 Å². The Balaban J connectivity index is 0. The predicted molar refractivity (Wildman–Crippen MR) is 77.0 cm³/mol. The van der Waals surface area contributed by atoms with E-state index in [0.29, 0.717) is 6.61 Å². The molecule has 0 aliphatic carbocycles. The van der Waals surface area contributed by atoms with Gasteiger partial charge in [0, 0.05) is 0 Å². The van der Waals surface area contributed by atoms with Crippen LogP contribution in [0.2, 0.25) is 0 Å². The minimum Gasteiger partial charge on any atom is -0.466 e. The molecule has 0 saturated heterocycles. The first-order valence-electron chi connectivity index (χ1n) is 6.74. The molecule has 0 heterocycles. The highest BCUT2D eigenvalue weighted by Crippen LogP contribution is 2.10. The van der Waals surface area contributed by atoms with Gasteiger partial charge in [-0.2, -0.15) is 0 Å². The highest BCUT2D eigenvalue weighted by molar-refractivity contribution is 5.85. The fraction of sp³-hybridized carbons (Fsp3) is 0.923. The summed E-state index contributed by atoms with van der Waals surface area (Å²) in [6.07, 6.45) is 13.1. The Kier molecular flexibility index (Phi) is 17.3. The second kappa shape index (κ2) is 15.6. The number of nitrogens with two attached hydrogens (primary N) is 1. The lowest BCUT2D eigenvalue weighted by Gasteiger charge is -2.03. The highest BCUT2D eigenvalue weighted by Gasteiger charge is 1.93. The lowest BCUT2D eigenvalue weighted by atomic mass is 10.1. The maximum atomic E-state index is 6.88. The van der Waals surface area contributed by atoms with Crippen molar-refractivity contribution >= 4 is 18.4 Å². The molecule has 0 saturated carbocycles. The number of hydrogen-bond donors (Lipinski definition) is 2. The summed E-state index contributed by atoms with van der Waals surface area (Å²) in [6.45, 7) is 2.86. The van der Waals surface area contributed by atoms with Gasteiger partial charge < -0.3 is 10.5 Å². The van der Waals surface area contributed by atoms with Crippen LogP contribution in [0.1, 0.15) is 71.1 Å². The van der Waals surface area contributed by atoms with E-state index in [1.165, 1.54) is 57.8 Å². The fourth-order valence-electron chi connectivity index (χ4n) is 1.77. The molecule has 0 aliphatic heterocycles. The number of nitrogens with one attached hydrogen (secondary N) is 1. The van der Waals surface area contributed by atoms with Crippen LogP contribution < -0.4 is 5.73 Å². The van der Waals surface area contributed by atoms with E-state index in [-0.39, 0.29) is 18.4 Å². The van der Waals surface area contributed by atoms with Crippen molar-refractivity contribution in [2.75, 3.05) is 6.61 Å². The van der Waals surface area contributed by atoms with Gasteiger partial charge in [0.2, 0.25) is 0 Å². The minimum absolute atomic E-state index is 0. The van der Waals surface area contributed by atoms with Gasteiger partial charge in [0.15, 0.2) is 0 Å². The largest absolute Gasteiger partial charge is 0.466 e.